The van der Waals surface area contributed by atoms with E-state index in [2.05, 4.69) is 4.98 Å². The van der Waals surface area contributed by atoms with Gasteiger partial charge in [-0.25, -0.2) is 4.98 Å². The van der Waals surface area contributed by atoms with Crippen LogP contribution in [0.5, 0.6) is 0 Å². The second-order valence-corrected chi connectivity index (χ2v) is 6.98. The lowest BCUT2D eigenvalue weighted by Gasteiger charge is -2.34. The molecule has 134 valence electrons. The summed E-state index contributed by atoms with van der Waals surface area (Å²) in [5, 5.41) is 11.4. The molecule has 2 aliphatic heterocycles. The Morgan fingerprint density at radius 2 is 1.96 bits per heavy atom. The van der Waals surface area contributed by atoms with Crippen LogP contribution in [0.2, 0.25) is 5.02 Å². The molecule has 1 spiro atoms. The summed E-state index contributed by atoms with van der Waals surface area (Å²) in [5.74, 6) is 0.616. The molecule has 0 radical (unpaired) electrons. The number of aromatic nitrogens is 1. The Morgan fingerprint density at radius 1 is 1.15 bits per heavy atom. The number of para-hydroxylation sites is 1. The second kappa shape index (κ2) is 6.25. The van der Waals surface area contributed by atoms with E-state index in [4.69, 9.17) is 11.6 Å². The van der Waals surface area contributed by atoms with Crippen LogP contribution >= 0.6 is 11.6 Å². The molecule has 1 atom stereocenters. The molecule has 0 N–H and O–H groups in total. The van der Waals surface area contributed by atoms with E-state index in [1.807, 2.05) is 23.1 Å². The number of nitro groups is 1. The first-order valence-electron chi connectivity index (χ1n) is 8.47. The van der Waals surface area contributed by atoms with Crippen LogP contribution in [0.1, 0.15) is 19.3 Å². The summed E-state index contributed by atoms with van der Waals surface area (Å²) in [6.45, 7) is 1.29. The van der Waals surface area contributed by atoms with Crippen LogP contribution in [-0.2, 0) is 4.79 Å². The molecule has 7 nitrogen and oxygen atoms in total. The Hall–Kier alpha value is -2.67. The highest BCUT2D eigenvalue weighted by atomic mass is 35.5. The summed E-state index contributed by atoms with van der Waals surface area (Å²) >= 11 is 6.28. The molecule has 26 heavy (non-hydrogen) atoms. The average Bonchev–Trinajstić information content (AvgIpc) is 3.21. The number of hydrogen-bond acceptors (Lipinski definition) is 5. The molecule has 2 fully saturated rings. The highest BCUT2D eigenvalue weighted by molar-refractivity contribution is 6.34. The van der Waals surface area contributed by atoms with Gasteiger partial charge in [-0.15, -0.1) is 0 Å². The van der Waals surface area contributed by atoms with E-state index in [-0.39, 0.29) is 11.6 Å². The van der Waals surface area contributed by atoms with Crippen molar-refractivity contribution in [1.29, 1.82) is 0 Å². The molecule has 1 amide bonds. The molecule has 3 heterocycles. The van der Waals surface area contributed by atoms with Gasteiger partial charge >= 0.3 is 0 Å². The number of carbonyl (C=O) groups excluding carboxylic acids is 1. The maximum Gasteiger partial charge on any atom is 0.287 e. The summed E-state index contributed by atoms with van der Waals surface area (Å²) in [6.07, 6.45) is 3.54. The number of hydrogen-bond donors (Lipinski definition) is 0. The van der Waals surface area contributed by atoms with Crippen LogP contribution in [0.25, 0.3) is 0 Å². The Balaban J connectivity index is 1.66. The number of nitrogens with zero attached hydrogens (tertiary/aromatic N) is 4. The molecule has 1 unspecified atom stereocenters. The van der Waals surface area contributed by atoms with Gasteiger partial charge in [-0.1, -0.05) is 23.7 Å². The number of halogens is 1. The third-order valence-corrected chi connectivity index (χ3v) is 5.56. The standard InChI is InChI=1S/C18H17ClN4O3/c19-14-4-1-2-5-15(14)21-11-9-18(17(21)24)8-3-10-22(18)16-7-6-13(12-20-16)23(25)26/h1-2,4-7,12H,3,8-11H2. The van der Waals surface area contributed by atoms with Crippen LogP contribution < -0.4 is 9.80 Å². The first-order valence-corrected chi connectivity index (χ1v) is 8.85. The molecule has 1 aromatic carbocycles. The largest absolute Gasteiger partial charge is 0.342 e. The lowest BCUT2D eigenvalue weighted by atomic mass is 9.94. The van der Waals surface area contributed by atoms with Gasteiger partial charge in [0.2, 0.25) is 0 Å². The van der Waals surface area contributed by atoms with Gasteiger partial charge in [0, 0.05) is 19.2 Å². The van der Waals surface area contributed by atoms with Gasteiger partial charge in [-0.2, -0.15) is 0 Å². The summed E-state index contributed by atoms with van der Waals surface area (Å²) in [5.41, 5.74) is 0.0134. The predicted molar refractivity (Wildman–Crippen MR) is 98.6 cm³/mol. The van der Waals surface area contributed by atoms with E-state index in [1.165, 1.54) is 12.3 Å². The van der Waals surface area contributed by atoms with Crippen LogP contribution in [0.3, 0.4) is 0 Å². The van der Waals surface area contributed by atoms with E-state index in [1.54, 1.807) is 17.0 Å². The minimum atomic E-state index is -0.650. The van der Waals surface area contributed by atoms with E-state index >= 15 is 0 Å². The third-order valence-electron chi connectivity index (χ3n) is 5.24. The number of rotatable bonds is 3. The summed E-state index contributed by atoms with van der Waals surface area (Å²) in [6, 6.07) is 10.4. The van der Waals surface area contributed by atoms with Crippen LogP contribution in [0.4, 0.5) is 17.2 Å². The Bertz CT molecular complexity index is 873. The SMILES string of the molecule is O=C1N(c2ccccc2Cl)CCC12CCCN2c1ccc([N+](=O)[O-])cn1. The van der Waals surface area contributed by atoms with Gasteiger partial charge in [0.25, 0.3) is 11.6 Å². The molecular formula is C18H17ClN4O3. The summed E-state index contributed by atoms with van der Waals surface area (Å²) in [7, 11) is 0. The first kappa shape index (κ1) is 16.8. The van der Waals surface area contributed by atoms with Crippen molar-refractivity contribution in [2.75, 3.05) is 22.9 Å². The average molecular weight is 373 g/mol. The highest BCUT2D eigenvalue weighted by Crippen LogP contribution is 2.43. The lowest BCUT2D eigenvalue weighted by molar-refractivity contribution is -0.385. The fraction of sp³-hybridized carbons (Fsp3) is 0.333. The summed E-state index contributed by atoms with van der Waals surface area (Å²) < 4.78 is 0. The number of anilines is 2. The number of pyridine rings is 1. The Morgan fingerprint density at radius 3 is 2.65 bits per heavy atom. The molecule has 0 bridgehead atoms. The van der Waals surface area contributed by atoms with Gasteiger partial charge in [0.05, 0.1) is 15.6 Å². The maximum atomic E-state index is 13.3. The quantitative estimate of drug-likeness (QED) is 0.609. The van der Waals surface area contributed by atoms with E-state index in [0.717, 1.165) is 18.5 Å². The van der Waals surface area contributed by atoms with E-state index < -0.39 is 10.5 Å². The number of benzene rings is 1. The van der Waals surface area contributed by atoms with Crippen molar-refractivity contribution in [2.24, 2.45) is 0 Å². The molecule has 1 aromatic heterocycles. The van der Waals surface area contributed by atoms with Crippen molar-refractivity contribution in [3.05, 3.63) is 57.7 Å². The molecule has 2 aromatic rings. The first-order chi connectivity index (χ1) is 12.5. The van der Waals surface area contributed by atoms with Gasteiger partial charge in [-0.05, 0) is 37.5 Å². The highest BCUT2D eigenvalue weighted by Gasteiger charge is 2.54. The molecule has 2 saturated heterocycles. The normalized spacial score (nSPS) is 22.4. The van der Waals surface area contributed by atoms with Crippen molar-refractivity contribution in [2.45, 2.75) is 24.8 Å². The number of amides is 1. The van der Waals surface area contributed by atoms with Crippen molar-refractivity contribution >= 4 is 34.7 Å². The molecular weight excluding hydrogens is 356 g/mol. The van der Waals surface area contributed by atoms with Crippen molar-refractivity contribution in [3.8, 4) is 0 Å². The minimum Gasteiger partial charge on any atom is -0.342 e. The molecule has 2 aliphatic rings. The van der Waals surface area contributed by atoms with Crippen LogP contribution in [0.15, 0.2) is 42.6 Å². The summed E-state index contributed by atoms with van der Waals surface area (Å²) in [4.78, 5) is 31.7. The van der Waals surface area contributed by atoms with Crippen LogP contribution in [-0.4, -0.2) is 34.4 Å². The van der Waals surface area contributed by atoms with E-state index in [9.17, 15) is 14.9 Å². The fourth-order valence-electron chi connectivity index (χ4n) is 4.00. The maximum absolute atomic E-state index is 13.3. The molecule has 0 saturated carbocycles. The monoisotopic (exact) mass is 372 g/mol. The zero-order valence-corrected chi connectivity index (χ0v) is 14.7. The van der Waals surface area contributed by atoms with E-state index in [0.29, 0.717) is 30.4 Å². The Kier molecular flexibility index (Phi) is 4.03. The minimum absolute atomic E-state index is 0.0169. The zero-order chi connectivity index (χ0) is 18.3. The molecule has 4 rings (SSSR count). The van der Waals surface area contributed by atoms with Gasteiger partial charge in [0.1, 0.15) is 17.6 Å². The van der Waals surface area contributed by atoms with Gasteiger partial charge in [0.15, 0.2) is 0 Å². The zero-order valence-electron chi connectivity index (χ0n) is 14.0. The topological polar surface area (TPSA) is 79.6 Å². The molecule has 8 heteroatoms. The predicted octanol–water partition coefficient (Wildman–Crippen LogP) is 3.42. The smallest absolute Gasteiger partial charge is 0.287 e. The lowest BCUT2D eigenvalue weighted by Crippen LogP contribution is -2.51. The number of carbonyl (C=O) groups is 1. The van der Waals surface area contributed by atoms with Crippen molar-refractivity contribution in [3.63, 3.8) is 0 Å². The fourth-order valence-corrected chi connectivity index (χ4v) is 4.24. The van der Waals surface area contributed by atoms with Crippen molar-refractivity contribution < 1.29 is 9.72 Å². The Labute approximate surface area is 155 Å². The van der Waals surface area contributed by atoms with Gasteiger partial charge < -0.3 is 9.80 Å². The second-order valence-electron chi connectivity index (χ2n) is 6.58. The molecule has 0 aliphatic carbocycles. The third kappa shape index (κ3) is 2.50. The van der Waals surface area contributed by atoms with Crippen LogP contribution in [0, 0.1) is 10.1 Å². The van der Waals surface area contributed by atoms with Gasteiger partial charge in [-0.3, -0.25) is 14.9 Å². The van der Waals surface area contributed by atoms with Crippen molar-refractivity contribution in [1.82, 2.24) is 4.98 Å².